The first-order chi connectivity index (χ1) is 8.19. The molecule has 17 heavy (non-hydrogen) atoms. The minimum Gasteiger partial charge on any atom is -0.385 e. The molecule has 1 unspecified atom stereocenters. The number of hydrogen-bond acceptors (Lipinski definition) is 3. The molecule has 4 heteroatoms. The van der Waals surface area contributed by atoms with Gasteiger partial charge in [0.1, 0.15) is 0 Å². The molecule has 0 aliphatic rings. The van der Waals surface area contributed by atoms with Crippen LogP contribution < -0.4 is 10.6 Å². The van der Waals surface area contributed by atoms with E-state index in [1.54, 1.807) is 13.0 Å². The Labute approximate surface area is 102 Å². The van der Waals surface area contributed by atoms with Crippen molar-refractivity contribution >= 4 is 11.6 Å². The molecular weight excluding hydrogens is 214 g/mol. The summed E-state index contributed by atoms with van der Waals surface area (Å²) in [5.41, 5.74) is 1.43. The number of amides is 1. The molecule has 0 fully saturated rings. The molecule has 2 N–H and O–H groups in total. The van der Waals surface area contributed by atoms with Gasteiger partial charge < -0.3 is 10.6 Å². The molecule has 1 amide bonds. The molecular formula is C13H17N3O. The van der Waals surface area contributed by atoms with Crippen LogP contribution in [0, 0.1) is 17.2 Å². The molecule has 0 saturated carbocycles. The minimum absolute atomic E-state index is 0.149. The van der Waals surface area contributed by atoms with E-state index in [2.05, 4.69) is 16.7 Å². The first-order valence-corrected chi connectivity index (χ1v) is 5.69. The van der Waals surface area contributed by atoms with Gasteiger partial charge in [0, 0.05) is 18.8 Å². The Balaban J connectivity index is 2.71. The maximum atomic E-state index is 11.9. The Morgan fingerprint density at radius 2 is 2.18 bits per heavy atom. The van der Waals surface area contributed by atoms with Gasteiger partial charge in [-0.15, -0.1) is 0 Å². The summed E-state index contributed by atoms with van der Waals surface area (Å²) < 4.78 is 0. The minimum atomic E-state index is -0.176. The Hall–Kier alpha value is -2.02. The summed E-state index contributed by atoms with van der Waals surface area (Å²) in [5.74, 6) is -0.325. The van der Waals surface area contributed by atoms with E-state index < -0.39 is 0 Å². The highest BCUT2D eigenvalue weighted by Gasteiger charge is 2.10. The zero-order chi connectivity index (χ0) is 12.7. The second-order valence-electron chi connectivity index (χ2n) is 3.82. The SMILES string of the molecule is CCNc1ccccc1C(=O)NCC(C)C#N. The summed E-state index contributed by atoms with van der Waals surface area (Å²) in [6.45, 7) is 4.89. The molecule has 0 saturated heterocycles. The van der Waals surface area contributed by atoms with Crippen LogP contribution in [-0.2, 0) is 0 Å². The number of benzene rings is 1. The molecule has 90 valence electrons. The molecule has 1 aromatic rings. The average Bonchev–Trinajstić information content (AvgIpc) is 2.36. The van der Waals surface area contributed by atoms with Gasteiger partial charge in [0.05, 0.1) is 17.6 Å². The smallest absolute Gasteiger partial charge is 0.253 e. The van der Waals surface area contributed by atoms with Crippen LogP contribution in [-0.4, -0.2) is 19.0 Å². The molecule has 0 aromatic heterocycles. The van der Waals surface area contributed by atoms with E-state index in [-0.39, 0.29) is 11.8 Å². The molecule has 0 aliphatic heterocycles. The average molecular weight is 231 g/mol. The lowest BCUT2D eigenvalue weighted by atomic mass is 10.1. The molecule has 4 nitrogen and oxygen atoms in total. The molecule has 0 aliphatic carbocycles. The molecule has 1 aromatic carbocycles. The summed E-state index contributed by atoms with van der Waals surface area (Å²) in [6, 6.07) is 9.42. The van der Waals surface area contributed by atoms with E-state index in [0.29, 0.717) is 12.1 Å². The second-order valence-corrected chi connectivity index (χ2v) is 3.82. The molecule has 0 heterocycles. The number of carbonyl (C=O) groups excluding carboxylic acids is 1. The lowest BCUT2D eigenvalue weighted by molar-refractivity contribution is 0.0951. The van der Waals surface area contributed by atoms with Crippen molar-refractivity contribution in [1.82, 2.24) is 5.32 Å². The van der Waals surface area contributed by atoms with Crippen LogP contribution >= 0.6 is 0 Å². The summed E-state index contributed by atoms with van der Waals surface area (Å²) in [5, 5.41) is 14.5. The van der Waals surface area contributed by atoms with Gasteiger partial charge in [-0.2, -0.15) is 5.26 Å². The fraction of sp³-hybridized carbons (Fsp3) is 0.385. The largest absolute Gasteiger partial charge is 0.385 e. The first kappa shape index (κ1) is 13.0. The van der Waals surface area contributed by atoms with Gasteiger partial charge in [-0.25, -0.2) is 0 Å². The van der Waals surface area contributed by atoms with Gasteiger partial charge in [0.15, 0.2) is 0 Å². The second kappa shape index (κ2) is 6.54. The Morgan fingerprint density at radius 1 is 1.47 bits per heavy atom. The predicted octanol–water partition coefficient (Wildman–Crippen LogP) is 2.01. The highest BCUT2D eigenvalue weighted by atomic mass is 16.1. The lowest BCUT2D eigenvalue weighted by Gasteiger charge is -2.11. The molecule has 1 rings (SSSR count). The zero-order valence-electron chi connectivity index (χ0n) is 10.2. The van der Waals surface area contributed by atoms with Crippen molar-refractivity contribution < 1.29 is 4.79 Å². The van der Waals surface area contributed by atoms with Crippen LogP contribution in [0.25, 0.3) is 0 Å². The van der Waals surface area contributed by atoms with Crippen molar-refractivity contribution in [2.75, 3.05) is 18.4 Å². The van der Waals surface area contributed by atoms with Crippen LogP contribution in [0.1, 0.15) is 24.2 Å². The Kier molecular flexibility index (Phi) is 5.02. The maximum Gasteiger partial charge on any atom is 0.253 e. The summed E-state index contributed by atoms with van der Waals surface area (Å²) in [4.78, 5) is 11.9. The number of para-hydroxylation sites is 1. The van der Waals surface area contributed by atoms with E-state index in [9.17, 15) is 4.79 Å². The Morgan fingerprint density at radius 3 is 2.82 bits per heavy atom. The molecule has 0 bridgehead atoms. The molecule has 1 atom stereocenters. The van der Waals surface area contributed by atoms with Gasteiger partial charge in [0.25, 0.3) is 5.91 Å². The standard InChI is InChI=1S/C13H17N3O/c1-3-15-12-7-5-4-6-11(12)13(17)16-9-10(2)8-14/h4-7,10,15H,3,9H2,1-2H3,(H,16,17). The lowest BCUT2D eigenvalue weighted by Crippen LogP contribution is -2.28. The highest BCUT2D eigenvalue weighted by Crippen LogP contribution is 2.14. The summed E-state index contributed by atoms with van der Waals surface area (Å²) in [7, 11) is 0. The van der Waals surface area contributed by atoms with E-state index >= 15 is 0 Å². The van der Waals surface area contributed by atoms with Crippen LogP contribution in [0.2, 0.25) is 0 Å². The van der Waals surface area contributed by atoms with Gasteiger partial charge in [-0.05, 0) is 26.0 Å². The van der Waals surface area contributed by atoms with E-state index in [0.717, 1.165) is 12.2 Å². The number of hydrogen-bond donors (Lipinski definition) is 2. The van der Waals surface area contributed by atoms with Gasteiger partial charge in [-0.3, -0.25) is 4.79 Å². The molecule has 0 spiro atoms. The predicted molar refractivity (Wildman–Crippen MR) is 67.7 cm³/mol. The van der Waals surface area contributed by atoms with Crippen molar-refractivity contribution in [2.45, 2.75) is 13.8 Å². The summed E-state index contributed by atoms with van der Waals surface area (Å²) in [6.07, 6.45) is 0. The highest BCUT2D eigenvalue weighted by molar-refractivity contribution is 5.99. The number of nitriles is 1. The van der Waals surface area contributed by atoms with E-state index in [1.807, 2.05) is 25.1 Å². The van der Waals surface area contributed by atoms with E-state index in [4.69, 9.17) is 5.26 Å². The van der Waals surface area contributed by atoms with Crippen LogP contribution in [0.3, 0.4) is 0 Å². The zero-order valence-corrected chi connectivity index (χ0v) is 10.2. The van der Waals surface area contributed by atoms with Crippen molar-refractivity contribution in [3.8, 4) is 6.07 Å². The third-order valence-electron chi connectivity index (χ3n) is 2.33. The quantitative estimate of drug-likeness (QED) is 0.814. The number of rotatable bonds is 5. The fourth-order valence-corrected chi connectivity index (χ4v) is 1.41. The normalized spacial score (nSPS) is 11.4. The van der Waals surface area contributed by atoms with Crippen LogP contribution in [0.5, 0.6) is 0 Å². The monoisotopic (exact) mass is 231 g/mol. The summed E-state index contributed by atoms with van der Waals surface area (Å²) >= 11 is 0. The van der Waals surface area contributed by atoms with Gasteiger partial charge >= 0.3 is 0 Å². The third-order valence-corrected chi connectivity index (χ3v) is 2.33. The molecule has 0 radical (unpaired) electrons. The van der Waals surface area contributed by atoms with Gasteiger partial charge in [-0.1, -0.05) is 12.1 Å². The number of nitrogens with one attached hydrogen (secondary N) is 2. The Bertz CT molecular complexity index is 423. The van der Waals surface area contributed by atoms with Crippen LogP contribution in [0.15, 0.2) is 24.3 Å². The van der Waals surface area contributed by atoms with Crippen molar-refractivity contribution in [1.29, 1.82) is 5.26 Å². The van der Waals surface area contributed by atoms with Crippen LogP contribution in [0.4, 0.5) is 5.69 Å². The van der Waals surface area contributed by atoms with Gasteiger partial charge in [0.2, 0.25) is 0 Å². The third kappa shape index (κ3) is 3.80. The number of carbonyl (C=O) groups is 1. The first-order valence-electron chi connectivity index (χ1n) is 5.69. The van der Waals surface area contributed by atoms with Crippen molar-refractivity contribution in [3.05, 3.63) is 29.8 Å². The number of nitrogens with zero attached hydrogens (tertiary/aromatic N) is 1. The number of anilines is 1. The maximum absolute atomic E-state index is 11.9. The fourth-order valence-electron chi connectivity index (χ4n) is 1.41. The van der Waals surface area contributed by atoms with Crippen molar-refractivity contribution in [3.63, 3.8) is 0 Å². The van der Waals surface area contributed by atoms with E-state index in [1.165, 1.54) is 0 Å². The topological polar surface area (TPSA) is 64.9 Å². The van der Waals surface area contributed by atoms with Crippen molar-refractivity contribution in [2.24, 2.45) is 5.92 Å².